The number of likely N-dealkylation sites (tertiary alicyclic amines) is 1. The minimum absolute atomic E-state index is 0.219. The van der Waals surface area contributed by atoms with E-state index in [9.17, 15) is 19.5 Å². The van der Waals surface area contributed by atoms with Crippen molar-refractivity contribution in [3.8, 4) is 0 Å². The highest BCUT2D eigenvalue weighted by atomic mass is 35.5. The Bertz CT molecular complexity index is 1150. The number of aliphatic hydroxyl groups is 1. The Hall–Kier alpha value is -2.68. The summed E-state index contributed by atoms with van der Waals surface area (Å²) in [5, 5.41) is 10.5. The van der Waals surface area contributed by atoms with Gasteiger partial charge in [0.25, 0.3) is 5.91 Å². The summed E-state index contributed by atoms with van der Waals surface area (Å²) in [5.74, 6) is -3.17. The van der Waals surface area contributed by atoms with Gasteiger partial charge in [-0.25, -0.2) is 0 Å². The van der Waals surface area contributed by atoms with Crippen LogP contribution in [0.2, 0.25) is 5.02 Å². The number of carbonyl (C=O) groups excluding carboxylic acids is 3. The molecule has 1 aromatic rings. The molecule has 8 nitrogen and oxygen atoms in total. The second kappa shape index (κ2) is 9.89. The number of benzene rings is 1. The average Bonchev–Trinajstić information content (AvgIpc) is 3.26. The summed E-state index contributed by atoms with van der Waals surface area (Å²) in [4.78, 5) is 45.1. The molecule has 1 spiro atoms. The van der Waals surface area contributed by atoms with Crippen molar-refractivity contribution in [2.75, 3.05) is 24.7 Å². The van der Waals surface area contributed by atoms with Crippen LogP contribution in [0.4, 0.5) is 5.69 Å². The molecule has 5 rings (SSSR count). The first-order valence-electron chi connectivity index (χ1n) is 13.0. The van der Waals surface area contributed by atoms with Crippen LogP contribution < -0.4 is 4.90 Å². The number of rotatable bonds is 4. The van der Waals surface area contributed by atoms with Crippen molar-refractivity contribution in [2.45, 2.75) is 62.8 Å². The number of anilines is 1. The van der Waals surface area contributed by atoms with Crippen LogP contribution in [-0.2, 0) is 23.9 Å². The van der Waals surface area contributed by atoms with E-state index in [4.69, 9.17) is 21.1 Å². The number of cyclic esters (lactones) is 1. The molecule has 4 aliphatic heterocycles. The number of halogens is 1. The molecule has 6 atom stereocenters. The third kappa shape index (κ3) is 3.92. The lowest BCUT2D eigenvalue weighted by atomic mass is 9.73. The van der Waals surface area contributed by atoms with E-state index in [1.165, 1.54) is 9.80 Å². The number of aliphatic hydroxyl groups excluding tert-OH is 1. The van der Waals surface area contributed by atoms with Crippen LogP contribution in [0.1, 0.15) is 39.5 Å². The Morgan fingerprint density at radius 1 is 1.11 bits per heavy atom. The number of esters is 1. The molecular formula is C28H33ClN2O6. The van der Waals surface area contributed by atoms with E-state index in [2.05, 4.69) is 0 Å². The van der Waals surface area contributed by atoms with Crippen LogP contribution in [0, 0.1) is 11.8 Å². The third-order valence-electron chi connectivity index (χ3n) is 8.20. The highest BCUT2D eigenvalue weighted by molar-refractivity contribution is 6.34. The topological polar surface area (TPSA) is 96.4 Å². The quantitative estimate of drug-likeness (QED) is 0.476. The number of nitrogens with zero attached hydrogens (tertiary/aromatic N) is 2. The van der Waals surface area contributed by atoms with Crippen molar-refractivity contribution in [1.82, 2.24) is 4.90 Å². The summed E-state index contributed by atoms with van der Waals surface area (Å²) in [6.07, 6.45) is 10.3. The standard InChI is InChI=1S/C28H33ClN2O6/c1-3-27-13-8-4-5-9-16-36-26(35)22(27)21-24(33)31(18(2)17-32)23-25(34)30(15-10-14-28(21,23)37-27)20-12-7-6-11-19(20)29/h6-8,10-14,18,21-23,32H,3-5,9,15-17H2,1-2H3/b13-8-/t18-,21+,22-,23?,27+,28+/m1/s1. The lowest BCUT2D eigenvalue weighted by Crippen LogP contribution is -2.58. The van der Waals surface area contributed by atoms with Gasteiger partial charge < -0.3 is 24.4 Å². The van der Waals surface area contributed by atoms with Crippen molar-refractivity contribution in [1.29, 1.82) is 0 Å². The second-order valence-electron chi connectivity index (χ2n) is 10.3. The van der Waals surface area contributed by atoms with Crippen molar-refractivity contribution in [3.63, 3.8) is 0 Å². The van der Waals surface area contributed by atoms with Crippen molar-refractivity contribution < 1.29 is 29.0 Å². The number of hydrogen-bond donors (Lipinski definition) is 1. The summed E-state index contributed by atoms with van der Waals surface area (Å²) in [5.41, 5.74) is -2.00. The predicted molar refractivity (Wildman–Crippen MR) is 138 cm³/mol. The van der Waals surface area contributed by atoms with Gasteiger partial charge in [0, 0.05) is 6.54 Å². The van der Waals surface area contributed by atoms with Gasteiger partial charge in [-0.05, 0) is 44.7 Å². The van der Waals surface area contributed by atoms with Gasteiger partial charge in [-0.3, -0.25) is 14.4 Å². The second-order valence-corrected chi connectivity index (χ2v) is 10.7. The molecule has 0 radical (unpaired) electrons. The van der Waals surface area contributed by atoms with Crippen LogP contribution in [0.5, 0.6) is 0 Å². The first-order chi connectivity index (χ1) is 17.8. The molecule has 0 bridgehead atoms. The number of fused-ring (bicyclic) bond motifs is 2. The molecule has 1 N–H and O–H groups in total. The Morgan fingerprint density at radius 3 is 2.62 bits per heavy atom. The fourth-order valence-electron chi connectivity index (χ4n) is 6.43. The lowest BCUT2D eigenvalue weighted by molar-refractivity contribution is -0.161. The van der Waals surface area contributed by atoms with Gasteiger partial charge in [0.2, 0.25) is 5.91 Å². The van der Waals surface area contributed by atoms with E-state index in [1.54, 1.807) is 37.3 Å². The SMILES string of the molecule is CC[C@]12/C=C\CCCCOC(=O)[C@H]1[C@H]1C(=O)N([C@H](C)CO)C3C(=O)N(c4ccccc4Cl)CC=C[C@@]31O2. The molecule has 0 aliphatic carbocycles. The fraction of sp³-hybridized carbons (Fsp3) is 0.536. The average molecular weight is 529 g/mol. The Labute approximate surface area is 221 Å². The van der Waals surface area contributed by atoms with E-state index in [0.717, 1.165) is 19.3 Å². The minimum atomic E-state index is -1.41. The maximum Gasteiger partial charge on any atom is 0.313 e. The Morgan fingerprint density at radius 2 is 1.89 bits per heavy atom. The Kier molecular flexibility index (Phi) is 6.94. The van der Waals surface area contributed by atoms with E-state index in [1.807, 2.05) is 25.2 Å². The number of hydrogen-bond acceptors (Lipinski definition) is 6. The maximum atomic E-state index is 14.4. The zero-order valence-corrected chi connectivity index (χ0v) is 21.9. The third-order valence-corrected chi connectivity index (χ3v) is 8.52. The van der Waals surface area contributed by atoms with Crippen molar-refractivity contribution in [2.24, 2.45) is 11.8 Å². The predicted octanol–water partition coefficient (Wildman–Crippen LogP) is 3.27. The molecule has 37 heavy (non-hydrogen) atoms. The molecule has 4 heterocycles. The number of para-hydroxylation sites is 1. The molecular weight excluding hydrogens is 496 g/mol. The molecule has 1 aromatic carbocycles. The first kappa shape index (κ1) is 25.9. The van der Waals surface area contributed by atoms with Crippen LogP contribution in [0.25, 0.3) is 0 Å². The summed E-state index contributed by atoms with van der Waals surface area (Å²) in [6.45, 7) is 3.75. The van der Waals surface area contributed by atoms with Gasteiger partial charge in [-0.2, -0.15) is 0 Å². The van der Waals surface area contributed by atoms with Crippen LogP contribution in [-0.4, -0.2) is 70.8 Å². The maximum absolute atomic E-state index is 14.4. The lowest BCUT2D eigenvalue weighted by Gasteiger charge is -2.40. The largest absolute Gasteiger partial charge is 0.465 e. The van der Waals surface area contributed by atoms with Gasteiger partial charge in [-0.15, -0.1) is 0 Å². The van der Waals surface area contributed by atoms with Gasteiger partial charge in [0.15, 0.2) is 0 Å². The Balaban J connectivity index is 1.69. The summed E-state index contributed by atoms with van der Waals surface area (Å²) in [7, 11) is 0. The van der Waals surface area contributed by atoms with Gasteiger partial charge in [0.1, 0.15) is 23.2 Å². The van der Waals surface area contributed by atoms with Crippen LogP contribution in [0.15, 0.2) is 48.6 Å². The van der Waals surface area contributed by atoms with E-state index in [0.29, 0.717) is 17.1 Å². The van der Waals surface area contributed by atoms with Crippen molar-refractivity contribution in [3.05, 3.63) is 53.6 Å². The molecule has 4 aliphatic rings. The normalized spacial score (nSPS) is 35.4. The van der Waals surface area contributed by atoms with Crippen LogP contribution >= 0.6 is 11.6 Å². The first-order valence-corrected chi connectivity index (χ1v) is 13.4. The monoisotopic (exact) mass is 528 g/mol. The zero-order valence-electron chi connectivity index (χ0n) is 21.1. The summed E-state index contributed by atoms with van der Waals surface area (Å²) in [6, 6.07) is 5.27. The minimum Gasteiger partial charge on any atom is -0.465 e. The van der Waals surface area contributed by atoms with E-state index >= 15 is 0 Å². The summed E-state index contributed by atoms with van der Waals surface area (Å²) < 4.78 is 12.5. The zero-order chi connectivity index (χ0) is 26.4. The van der Waals surface area contributed by atoms with Gasteiger partial charge >= 0.3 is 5.97 Å². The number of allylic oxidation sites excluding steroid dienone is 1. The van der Waals surface area contributed by atoms with E-state index in [-0.39, 0.29) is 25.7 Å². The van der Waals surface area contributed by atoms with E-state index < -0.39 is 47.0 Å². The molecule has 2 saturated heterocycles. The smallest absolute Gasteiger partial charge is 0.313 e. The van der Waals surface area contributed by atoms with Crippen molar-refractivity contribution >= 4 is 35.1 Å². The molecule has 0 aromatic heterocycles. The molecule has 2 fully saturated rings. The number of amides is 2. The molecule has 9 heteroatoms. The van der Waals surface area contributed by atoms with Gasteiger partial charge in [-0.1, -0.05) is 55.0 Å². The number of ether oxygens (including phenoxy) is 2. The molecule has 0 saturated carbocycles. The highest BCUT2D eigenvalue weighted by Crippen LogP contribution is 2.58. The molecule has 198 valence electrons. The summed E-state index contributed by atoms with van der Waals surface area (Å²) >= 11 is 6.47. The van der Waals surface area contributed by atoms with Gasteiger partial charge in [0.05, 0.1) is 35.9 Å². The fourth-order valence-corrected chi connectivity index (χ4v) is 6.66. The molecule has 1 unspecified atom stereocenters. The number of carbonyl (C=O) groups is 3. The highest BCUT2D eigenvalue weighted by Gasteiger charge is 2.75. The van der Waals surface area contributed by atoms with Crippen LogP contribution in [0.3, 0.4) is 0 Å². The molecule has 2 amide bonds.